The molecule has 1 N–H and O–H groups in total. The highest BCUT2D eigenvalue weighted by Crippen LogP contribution is 2.43. The fourth-order valence-electron chi connectivity index (χ4n) is 8.41. The third-order valence-electron chi connectivity index (χ3n) is 10.7. The van der Waals surface area contributed by atoms with Crippen LogP contribution in [0.15, 0.2) is 47.6 Å². The van der Waals surface area contributed by atoms with E-state index in [1.54, 1.807) is 0 Å². The zero-order valence-electron chi connectivity index (χ0n) is 25.3. The summed E-state index contributed by atoms with van der Waals surface area (Å²) < 4.78 is 11.4. The molecule has 8 unspecified atom stereocenters. The Hall–Kier alpha value is -2.14. The molecule has 0 spiro atoms. The standard InChI is InChI=1S/C36H52O5/c1-24-15-17-26-9-3-6-13-33(26)31(24)12-8-5-11-28(37)21-35(38)41-30-22-29(40-36(39)23-30)19-20-32-25(2)16-18-27-10-4-7-14-34(27)32/h9-10,15-18,24-25,28-34,37H,3-8,11-14,19-23H2,1-2H3/t24?,25?,28?,29-,30?,31?,32?,33?,34?/m1/s1. The molecule has 0 aromatic rings. The SMILES string of the molecule is CC1C=CC2=CCCCC2C1CCCCC(O)CC(=O)OC1CC(=O)O[C@H](CCC2C(C)C=CC3=CCCCC32)C1. The lowest BCUT2D eigenvalue weighted by atomic mass is 9.68. The zero-order chi connectivity index (χ0) is 28.8. The minimum atomic E-state index is -0.693. The molecule has 5 heteroatoms. The molecule has 0 saturated carbocycles. The maximum absolute atomic E-state index is 12.7. The average molecular weight is 565 g/mol. The molecule has 226 valence electrons. The smallest absolute Gasteiger partial charge is 0.309 e. The number of carbonyl (C=O) groups excluding carboxylic acids is 2. The number of ether oxygens (including phenoxy) is 2. The van der Waals surface area contributed by atoms with Crippen molar-refractivity contribution in [1.29, 1.82) is 0 Å². The molecule has 0 aromatic heterocycles. The number of fused-ring (bicyclic) bond motifs is 2. The minimum Gasteiger partial charge on any atom is -0.462 e. The molecule has 4 aliphatic carbocycles. The van der Waals surface area contributed by atoms with Crippen LogP contribution in [-0.4, -0.2) is 35.4 Å². The van der Waals surface area contributed by atoms with Gasteiger partial charge in [-0.3, -0.25) is 9.59 Å². The van der Waals surface area contributed by atoms with Crippen molar-refractivity contribution in [2.45, 2.75) is 128 Å². The molecule has 0 aromatic carbocycles. The van der Waals surface area contributed by atoms with E-state index < -0.39 is 18.2 Å². The molecule has 1 heterocycles. The van der Waals surface area contributed by atoms with E-state index in [0.717, 1.165) is 25.7 Å². The van der Waals surface area contributed by atoms with Gasteiger partial charge < -0.3 is 14.6 Å². The van der Waals surface area contributed by atoms with E-state index in [1.807, 2.05) is 0 Å². The Morgan fingerprint density at radius 1 is 0.951 bits per heavy atom. The van der Waals surface area contributed by atoms with Gasteiger partial charge in [0.1, 0.15) is 12.2 Å². The molecule has 0 amide bonds. The monoisotopic (exact) mass is 564 g/mol. The molecule has 5 rings (SSSR count). The maximum Gasteiger partial charge on any atom is 0.309 e. The van der Waals surface area contributed by atoms with Gasteiger partial charge in [0, 0.05) is 6.42 Å². The second kappa shape index (κ2) is 14.4. The first kappa shape index (κ1) is 30.3. The van der Waals surface area contributed by atoms with Gasteiger partial charge in [-0.2, -0.15) is 0 Å². The molecule has 1 aliphatic heterocycles. The van der Waals surface area contributed by atoms with E-state index >= 15 is 0 Å². The molecule has 0 bridgehead atoms. The molecule has 1 fully saturated rings. The number of hydrogen-bond donors (Lipinski definition) is 1. The second-order valence-corrected chi connectivity index (χ2v) is 13.6. The lowest BCUT2D eigenvalue weighted by Crippen LogP contribution is -2.37. The summed E-state index contributed by atoms with van der Waals surface area (Å²) in [6.45, 7) is 4.63. The number of carbonyl (C=O) groups is 2. The number of cyclic esters (lactones) is 1. The average Bonchev–Trinajstić information content (AvgIpc) is 2.95. The Kier molecular flexibility index (Phi) is 10.6. The number of aliphatic hydroxyl groups excluding tert-OH is 1. The predicted molar refractivity (Wildman–Crippen MR) is 162 cm³/mol. The van der Waals surface area contributed by atoms with E-state index in [0.29, 0.717) is 48.3 Å². The van der Waals surface area contributed by atoms with E-state index in [1.165, 1.54) is 56.1 Å². The number of allylic oxidation sites excluding steroid dienone is 8. The first-order valence-electron chi connectivity index (χ1n) is 16.7. The van der Waals surface area contributed by atoms with E-state index in [4.69, 9.17) is 9.47 Å². The topological polar surface area (TPSA) is 72.8 Å². The summed E-state index contributed by atoms with van der Waals surface area (Å²) in [6, 6.07) is 0. The van der Waals surface area contributed by atoms with Gasteiger partial charge in [0.25, 0.3) is 0 Å². The summed E-state index contributed by atoms with van der Waals surface area (Å²) in [6.07, 6.45) is 26.6. The molecule has 41 heavy (non-hydrogen) atoms. The Bertz CT molecular complexity index is 1040. The zero-order valence-corrected chi connectivity index (χ0v) is 25.3. The first-order chi connectivity index (χ1) is 19.9. The molecule has 0 radical (unpaired) electrons. The maximum atomic E-state index is 12.7. The number of esters is 2. The summed E-state index contributed by atoms with van der Waals surface area (Å²) in [5.41, 5.74) is 3.02. The van der Waals surface area contributed by atoms with E-state index in [9.17, 15) is 14.7 Å². The van der Waals surface area contributed by atoms with Gasteiger partial charge >= 0.3 is 11.9 Å². The third-order valence-corrected chi connectivity index (χ3v) is 10.7. The number of aliphatic hydroxyl groups is 1. The van der Waals surface area contributed by atoms with Gasteiger partial charge in [-0.15, -0.1) is 0 Å². The van der Waals surface area contributed by atoms with Crippen LogP contribution in [0.4, 0.5) is 0 Å². The Labute approximate surface area is 247 Å². The van der Waals surface area contributed by atoms with Crippen LogP contribution in [0, 0.1) is 35.5 Å². The fourth-order valence-corrected chi connectivity index (χ4v) is 8.41. The quantitative estimate of drug-likeness (QED) is 0.205. The van der Waals surface area contributed by atoms with Crippen molar-refractivity contribution in [3.63, 3.8) is 0 Å². The molecular weight excluding hydrogens is 512 g/mol. The highest BCUT2D eigenvalue weighted by atomic mass is 16.6. The minimum absolute atomic E-state index is 0.00297. The van der Waals surface area contributed by atoms with Crippen LogP contribution in [0.1, 0.15) is 110 Å². The highest BCUT2D eigenvalue weighted by Gasteiger charge is 2.36. The van der Waals surface area contributed by atoms with Crippen molar-refractivity contribution in [3.8, 4) is 0 Å². The molecule has 1 saturated heterocycles. The highest BCUT2D eigenvalue weighted by molar-refractivity contribution is 5.73. The molecule has 9 atom stereocenters. The van der Waals surface area contributed by atoms with Crippen molar-refractivity contribution in [3.05, 3.63) is 47.6 Å². The van der Waals surface area contributed by atoms with Gasteiger partial charge in [-0.1, -0.05) is 63.1 Å². The third kappa shape index (κ3) is 8.03. The van der Waals surface area contributed by atoms with Crippen molar-refractivity contribution in [2.24, 2.45) is 35.5 Å². The van der Waals surface area contributed by atoms with Gasteiger partial charge in [0.15, 0.2) is 0 Å². The molecular formula is C36H52O5. The lowest BCUT2D eigenvalue weighted by Gasteiger charge is -2.38. The van der Waals surface area contributed by atoms with Crippen LogP contribution in [0.5, 0.6) is 0 Å². The lowest BCUT2D eigenvalue weighted by molar-refractivity contribution is -0.170. The fraction of sp³-hybridized carbons (Fsp3) is 0.722. The number of rotatable bonds is 11. The summed E-state index contributed by atoms with van der Waals surface area (Å²) in [7, 11) is 0. The summed E-state index contributed by atoms with van der Waals surface area (Å²) in [5.74, 6) is 3.01. The predicted octanol–water partition coefficient (Wildman–Crippen LogP) is 7.79. The number of unbranched alkanes of at least 4 members (excludes halogenated alkanes) is 1. The Morgan fingerprint density at radius 2 is 1.59 bits per heavy atom. The van der Waals surface area contributed by atoms with Crippen LogP contribution < -0.4 is 0 Å². The van der Waals surface area contributed by atoms with Crippen molar-refractivity contribution in [2.75, 3.05) is 0 Å². The largest absolute Gasteiger partial charge is 0.462 e. The normalized spacial score (nSPS) is 35.4. The number of hydrogen-bond acceptors (Lipinski definition) is 5. The van der Waals surface area contributed by atoms with E-state index in [-0.39, 0.29) is 24.9 Å². The summed E-state index contributed by atoms with van der Waals surface area (Å²) in [4.78, 5) is 25.0. The second-order valence-electron chi connectivity index (χ2n) is 13.6. The Balaban J connectivity index is 1.01. The van der Waals surface area contributed by atoms with Crippen molar-refractivity contribution < 1.29 is 24.2 Å². The van der Waals surface area contributed by atoms with Crippen LogP contribution in [-0.2, 0) is 19.1 Å². The summed E-state index contributed by atoms with van der Waals surface area (Å²) >= 11 is 0. The van der Waals surface area contributed by atoms with Crippen LogP contribution in [0.2, 0.25) is 0 Å². The van der Waals surface area contributed by atoms with Crippen LogP contribution >= 0.6 is 0 Å². The van der Waals surface area contributed by atoms with Gasteiger partial charge in [-0.05, 0) is 111 Å². The Morgan fingerprint density at radius 3 is 2.24 bits per heavy atom. The van der Waals surface area contributed by atoms with Gasteiger partial charge in [-0.25, -0.2) is 0 Å². The van der Waals surface area contributed by atoms with Crippen molar-refractivity contribution in [1.82, 2.24) is 0 Å². The van der Waals surface area contributed by atoms with Gasteiger partial charge in [0.2, 0.25) is 0 Å². The molecule has 5 aliphatic rings. The van der Waals surface area contributed by atoms with Crippen LogP contribution in [0.25, 0.3) is 0 Å². The van der Waals surface area contributed by atoms with Gasteiger partial charge in [0.05, 0.1) is 18.9 Å². The van der Waals surface area contributed by atoms with Crippen molar-refractivity contribution >= 4 is 11.9 Å². The van der Waals surface area contributed by atoms with Crippen LogP contribution in [0.3, 0.4) is 0 Å². The first-order valence-corrected chi connectivity index (χ1v) is 16.7. The van der Waals surface area contributed by atoms with E-state index in [2.05, 4.69) is 50.3 Å². The summed E-state index contributed by atoms with van der Waals surface area (Å²) in [5, 5.41) is 10.6. The molecule has 5 nitrogen and oxygen atoms in total.